The van der Waals surface area contributed by atoms with Gasteiger partial charge in [-0.3, -0.25) is 9.59 Å². The number of carbonyl (C=O) groups is 2. The molecule has 1 aromatic rings. The van der Waals surface area contributed by atoms with Crippen LogP contribution in [-0.4, -0.2) is 24.6 Å². The van der Waals surface area contributed by atoms with E-state index in [2.05, 4.69) is 22.8 Å². The van der Waals surface area contributed by atoms with Crippen LogP contribution in [0.2, 0.25) is 10.0 Å². The summed E-state index contributed by atoms with van der Waals surface area (Å²) in [6.07, 6.45) is 15.6. The zero-order valence-corrected chi connectivity index (χ0v) is 19.5. The molecule has 0 aliphatic heterocycles. The Balaban J connectivity index is 2.00. The predicted molar refractivity (Wildman–Crippen MR) is 126 cm³/mol. The highest BCUT2D eigenvalue weighted by molar-refractivity contribution is 6.36. The Kier molecular flexibility index (Phi) is 15.1. The molecule has 0 bridgehead atoms. The molecule has 30 heavy (non-hydrogen) atoms. The molecule has 0 saturated heterocycles. The van der Waals surface area contributed by atoms with E-state index < -0.39 is 0 Å². The van der Waals surface area contributed by atoms with Crippen molar-refractivity contribution >= 4 is 41.2 Å². The highest BCUT2D eigenvalue weighted by atomic mass is 35.5. The van der Waals surface area contributed by atoms with E-state index >= 15 is 0 Å². The van der Waals surface area contributed by atoms with Gasteiger partial charge in [0.15, 0.2) is 0 Å². The fourth-order valence-electron chi connectivity index (χ4n) is 3.04. The van der Waals surface area contributed by atoms with Crippen LogP contribution in [0.5, 0.6) is 0 Å². The zero-order chi connectivity index (χ0) is 22.0. The van der Waals surface area contributed by atoms with Gasteiger partial charge in [0, 0.05) is 17.0 Å². The number of hydrogen-bond donors (Lipinski definition) is 2. The van der Waals surface area contributed by atoms with Gasteiger partial charge in [0.25, 0.3) is 5.91 Å². The summed E-state index contributed by atoms with van der Waals surface area (Å²) in [5.74, 6) is -0.491. The van der Waals surface area contributed by atoms with Crippen LogP contribution in [0.25, 0.3) is 0 Å². The number of nitrogens with zero attached hydrogens (tertiary/aromatic N) is 1. The minimum absolute atomic E-state index is 0.0947. The Labute approximate surface area is 191 Å². The Morgan fingerprint density at radius 3 is 2.10 bits per heavy atom. The van der Waals surface area contributed by atoms with Crippen LogP contribution >= 0.6 is 23.2 Å². The number of carbonyl (C=O) groups excluding carboxylic acids is 2. The van der Waals surface area contributed by atoms with Gasteiger partial charge in [-0.2, -0.15) is 5.10 Å². The van der Waals surface area contributed by atoms with E-state index in [-0.39, 0.29) is 18.4 Å². The van der Waals surface area contributed by atoms with Crippen LogP contribution in [-0.2, 0) is 9.59 Å². The van der Waals surface area contributed by atoms with E-state index in [1.165, 1.54) is 64.0 Å². The van der Waals surface area contributed by atoms with Crippen molar-refractivity contribution in [2.24, 2.45) is 5.10 Å². The van der Waals surface area contributed by atoms with Gasteiger partial charge in [0.05, 0.1) is 17.8 Å². The van der Waals surface area contributed by atoms with E-state index in [4.69, 9.17) is 23.2 Å². The molecule has 0 aromatic heterocycles. The van der Waals surface area contributed by atoms with Crippen molar-refractivity contribution in [3.05, 3.63) is 33.8 Å². The summed E-state index contributed by atoms with van der Waals surface area (Å²) in [7, 11) is 0. The van der Waals surface area contributed by atoms with Gasteiger partial charge in [-0.05, 0) is 18.6 Å². The van der Waals surface area contributed by atoms with Crippen molar-refractivity contribution in [1.82, 2.24) is 10.7 Å². The minimum Gasteiger partial charge on any atom is -0.347 e. The molecule has 2 amide bonds. The maximum absolute atomic E-state index is 11.8. The summed E-state index contributed by atoms with van der Waals surface area (Å²) in [6, 6.07) is 4.99. The fourth-order valence-corrected chi connectivity index (χ4v) is 3.49. The van der Waals surface area contributed by atoms with Gasteiger partial charge in [-0.15, -0.1) is 0 Å². The third kappa shape index (κ3) is 13.6. The lowest BCUT2D eigenvalue weighted by molar-refractivity contribution is -0.126. The Hall–Kier alpha value is -1.59. The summed E-state index contributed by atoms with van der Waals surface area (Å²) in [5, 5.41) is 7.43. The minimum atomic E-state index is -0.386. The summed E-state index contributed by atoms with van der Waals surface area (Å²) >= 11 is 11.8. The normalized spacial score (nSPS) is 11.0. The molecule has 1 rings (SSSR count). The smallest absolute Gasteiger partial charge is 0.259 e. The van der Waals surface area contributed by atoms with Gasteiger partial charge < -0.3 is 5.32 Å². The van der Waals surface area contributed by atoms with Crippen LogP contribution in [0.3, 0.4) is 0 Å². The third-order valence-electron chi connectivity index (χ3n) is 4.81. The summed E-state index contributed by atoms with van der Waals surface area (Å²) in [6.45, 7) is 2.15. The maximum atomic E-state index is 11.8. The van der Waals surface area contributed by atoms with Crippen molar-refractivity contribution in [1.29, 1.82) is 0 Å². The number of amides is 2. The second-order valence-electron chi connectivity index (χ2n) is 7.52. The monoisotopic (exact) mass is 455 g/mol. The number of benzene rings is 1. The van der Waals surface area contributed by atoms with Gasteiger partial charge in [-0.1, -0.05) is 100 Å². The van der Waals surface area contributed by atoms with Gasteiger partial charge in [-0.25, -0.2) is 5.43 Å². The third-order valence-corrected chi connectivity index (χ3v) is 5.37. The second kappa shape index (κ2) is 17.1. The molecule has 1 aromatic carbocycles. The molecule has 0 fully saturated rings. The number of hydrazone groups is 1. The first kappa shape index (κ1) is 26.4. The number of hydrogen-bond acceptors (Lipinski definition) is 3. The average molecular weight is 456 g/mol. The van der Waals surface area contributed by atoms with Crippen LogP contribution < -0.4 is 10.7 Å². The molecule has 0 radical (unpaired) electrons. The Bertz CT molecular complexity index is 666. The summed E-state index contributed by atoms with van der Waals surface area (Å²) in [4.78, 5) is 23.6. The molecule has 168 valence electrons. The summed E-state index contributed by atoms with van der Waals surface area (Å²) in [5.41, 5.74) is 3.00. The predicted octanol–water partition coefficient (Wildman–Crippen LogP) is 6.26. The molecule has 0 unspecified atom stereocenters. The maximum Gasteiger partial charge on any atom is 0.259 e. The molecule has 0 aliphatic carbocycles. The molecular formula is C23H35Cl2N3O2. The van der Waals surface area contributed by atoms with E-state index in [1.807, 2.05) is 0 Å². The molecular weight excluding hydrogens is 421 g/mol. The standard InChI is InChI=1S/C23H35Cl2N3O2/c1-2-3-4-5-6-7-8-9-10-11-12-13-22(29)26-18-23(30)28-27-17-19-14-15-20(24)16-21(19)25/h14-17H,2-13,18H2,1H3,(H,26,29)(H,28,30). The van der Waals surface area contributed by atoms with Crippen LogP contribution in [0.15, 0.2) is 23.3 Å². The van der Waals surface area contributed by atoms with Gasteiger partial charge in [0.2, 0.25) is 5.91 Å². The van der Waals surface area contributed by atoms with Crippen molar-refractivity contribution < 1.29 is 9.59 Å². The van der Waals surface area contributed by atoms with E-state index in [0.717, 1.165) is 12.8 Å². The lowest BCUT2D eigenvalue weighted by atomic mass is 10.1. The number of unbranched alkanes of at least 4 members (excludes halogenated alkanes) is 10. The van der Waals surface area contributed by atoms with Crippen molar-refractivity contribution in [3.63, 3.8) is 0 Å². The average Bonchev–Trinajstić information content (AvgIpc) is 2.72. The van der Waals surface area contributed by atoms with Gasteiger partial charge >= 0.3 is 0 Å². The lowest BCUT2D eigenvalue weighted by Crippen LogP contribution is -2.34. The fraction of sp³-hybridized carbons (Fsp3) is 0.609. The molecule has 7 heteroatoms. The summed E-state index contributed by atoms with van der Waals surface area (Å²) < 4.78 is 0. The molecule has 0 spiro atoms. The highest BCUT2D eigenvalue weighted by Crippen LogP contribution is 2.19. The quantitative estimate of drug-likeness (QED) is 0.175. The van der Waals surface area contributed by atoms with Crippen LogP contribution in [0, 0.1) is 0 Å². The van der Waals surface area contributed by atoms with Crippen molar-refractivity contribution in [3.8, 4) is 0 Å². The van der Waals surface area contributed by atoms with Crippen LogP contribution in [0.4, 0.5) is 0 Å². The zero-order valence-electron chi connectivity index (χ0n) is 18.0. The van der Waals surface area contributed by atoms with Gasteiger partial charge in [0.1, 0.15) is 0 Å². The lowest BCUT2D eigenvalue weighted by Gasteiger charge is -2.05. The highest BCUT2D eigenvalue weighted by Gasteiger charge is 2.05. The Morgan fingerprint density at radius 2 is 1.50 bits per heavy atom. The van der Waals surface area contributed by atoms with E-state index in [9.17, 15) is 9.59 Å². The molecule has 2 N–H and O–H groups in total. The number of halogens is 2. The molecule has 0 heterocycles. The second-order valence-corrected chi connectivity index (χ2v) is 8.36. The SMILES string of the molecule is CCCCCCCCCCCCCC(=O)NCC(=O)NN=Cc1ccc(Cl)cc1Cl. The molecule has 0 atom stereocenters. The number of rotatable bonds is 16. The molecule has 0 saturated carbocycles. The molecule has 5 nitrogen and oxygen atoms in total. The van der Waals surface area contributed by atoms with Crippen molar-refractivity contribution in [2.75, 3.05) is 6.54 Å². The first-order chi connectivity index (χ1) is 14.5. The largest absolute Gasteiger partial charge is 0.347 e. The Morgan fingerprint density at radius 1 is 0.900 bits per heavy atom. The first-order valence-electron chi connectivity index (χ1n) is 11.1. The topological polar surface area (TPSA) is 70.6 Å². The van der Waals surface area contributed by atoms with E-state index in [1.54, 1.807) is 18.2 Å². The van der Waals surface area contributed by atoms with Crippen molar-refractivity contribution in [2.45, 2.75) is 84.0 Å². The first-order valence-corrected chi connectivity index (χ1v) is 11.8. The molecule has 0 aliphatic rings. The van der Waals surface area contributed by atoms with E-state index in [0.29, 0.717) is 22.0 Å². The van der Waals surface area contributed by atoms with Crippen LogP contribution in [0.1, 0.15) is 89.5 Å². The number of nitrogens with one attached hydrogen (secondary N) is 2.